The first-order valence-electron chi connectivity index (χ1n) is 3.61. The Labute approximate surface area is 74.8 Å². The first-order chi connectivity index (χ1) is 5.66. The highest BCUT2D eigenvalue weighted by atomic mass is 35.5. The summed E-state index contributed by atoms with van der Waals surface area (Å²) in [4.78, 5) is 10.5. The topological polar surface area (TPSA) is 55.1 Å². The smallest absolute Gasteiger partial charge is 0.340 e. The fraction of sp³-hybridized carbons (Fsp3) is 0.429. The van der Waals surface area contributed by atoms with Crippen molar-refractivity contribution in [3.63, 3.8) is 0 Å². The number of aromatic carboxylic acids is 1. The zero-order chi connectivity index (χ0) is 9.14. The van der Waals surface area contributed by atoms with Gasteiger partial charge < -0.3 is 5.11 Å². The van der Waals surface area contributed by atoms with Gasteiger partial charge in [0.15, 0.2) is 0 Å². The minimum Gasteiger partial charge on any atom is -0.478 e. The van der Waals surface area contributed by atoms with E-state index in [0.717, 1.165) is 6.42 Å². The number of hydrogen-bond donors (Lipinski definition) is 1. The van der Waals surface area contributed by atoms with Crippen molar-refractivity contribution in [1.82, 2.24) is 9.78 Å². The lowest BCUT2D eigenvalue weighted by Gasteiger charge is -1.98. The molecular weight excluding hydrogens is 180 g/mol. The number of hydrogen-bond acceptors (Lipinski definition) is 2. The Balaban J connectivity index is 2.96. The molecule has 1 rings (SSSR count). The lowest BCUT2D eigenvalue weighted by atomic mass is 10.4. The average molecular weight is 189 g/mol. The molecule has 1 heterocycles. The van der Waals surface area contributed by atoms with Gasteiger partial charge in [0.25, 0.3) is 0 Å². The maximum Gasteiger partial charge on any atom is 0.340 e. The van der Waals surface area contributed by atoms with E-state index in [0.29, 0.717) is 6.54 Å². The third-order valence-electron chi connectivity index (χ3n) is 1.44. The number of halogens is 1. The summed E-state index contributed by atoms with van der Waals surface area (Å²) >= 11 is 5.72. The van der Waals surface area contributed by atoms with Crippen molar-refractivity contribution in [3.05, 3.63) is 16.9 Å². The number of nitrogens with zero attached hydrogens (tertiary/aromatic N) is 2. The van der Waals surface area contributed by atoms with Gasteiger partial charge in [-0.05, 0) is 6.42 Å². The van der Waals surface area contributed by atoms with Gasteiger partial charge >= 0.3 is 5.97 Å². The quantitative estimate of drug-likeness (QED) is 0.785. The Kier molecular flexibility index (Phi) is 2.70. The minimum absolute atomic E-state index is 0.0603. The van der Waals surface area contributed by atoms with Gasteiger partial charge in [0, 0.05) is 6.54 Å². The lowest BCUT2D eigenvalue weighted by molar-refractivity contribution is 0.0697. The molecule has 5 heteroatoms. The van der Waals surface area contributed by atoms with Gasteiger partial charge in [0.1, 0.15) is 10.7 Å². The van der Waals surface area contributed by atoms with Gasteiger partial charge in [-0.2, -0.15) is 5.10 Å². The molecule has 0 spiro atoms. The second kappa shape index (κ2) is 3.58. The van der Waals surface area contributed by atoms with Crippen LogP contribution in [0.1, 0.15) is 23.7 Å². The first-order valence-corrected chi connectivity index (χ1v) is 3.99. The van der Waals surface area contributed by atoms with Crippen LogP contribution in [0.25, 0.3) is 0 Å². The van der Waals surface area contributed by atoms with E-state index in [1.807, 2.05) is 6.92 Å². The summed E-state index contributed by atoms with van der Waals surface area (Å²) in [6.45, 7) is 2.62. The Morgan fingerprint density at radius 1 is 1.83 bits per heavy atom. The largest absolute Gasteiger partial charge is 0.478 e. The third-order valence-corrected chi connectivity index (χ3v) is 1.84. The molecule has 0 aliphatic heterocycles. The van der Waals surface area contributed by atoms with Crippen LogP contribution in [0.3, 0.4) is 0 Å². The highest BCUT2D eigenvalue weighted by molar-refractivity contribution is 6.32. The predicted octanol–water partition coefficient (Wildman–Crippen LogP) is 1.64. The molecule has 12 heavy (non-hydrogen) atoms. The summed E-state index contributed by atoms with van der Waals surface area (Å²) in [5.74, 6) is -1.04. The Morgan fingerprint density at radius 3 is 2.92 bits per heavy atom. The molecule has 4 nitrogen and oxygen atoms in total. The van der Waals surface area contributed by atoms with Crippen LogP contribution in [0, 0.1) is 0 Å². The highest BCUT2D eigenvalue weighted by Gasteiger charge is 2.13. The van der Waals surface area contributed by atoms with Gasteiger partial charge in [0.2, 0.25) is 0 Å². The second-order valence-corrected chi connectivity index (χ2v) is 2.74. The average Bonchev–Trinajstić information content (AvgIpc) is 2.34. The predicted molar refractivity (Wildman–Crippen MR) is 44.5 cm³/mol. The number of carbonyl (C=O) groups is 1. The summed E-state index contributed by atoms with van der Waals surface area (Å²) in [5.41, 5.74) is 0.0603. The van der Waals surface area contributed by atoms with Crippen molar-refractivity contribution in [3.8, 4) is 0 Å². The Morgan fingerprint density at radius 2 is 2.50 bits per heavy atom. The summed E-state index contributed by atoms with van der Waals surface area (Å²) in [5, 5.41) is 12.6. The number of aromatic nitrogens is 2. The lowest BCUT2D eigenvalue weighted by Crippen LogP contribution is -2.00. The molecule has 0 amide bonds. The van der Waals surface area contributed by atoms with Crippen LogP contribution in [0.15, 0.2) is 6.20 Å². The second-order valence-electron chi connectivity index (χ2n) is 2.38. The van der Waals surface area contributed by atoms with Crippen LogP contribution in [0.2, 0.25) is 5.15 Å². The van der Waals surface area contributed by atoms with E-state index in [1.54, 1.807) is 0 Å². The normalized spacial score (nSPS) is 10.2. The van der Waals surface area contributed by atoms with Crippen LogP contribution in [0.5, 0.6) is 0 Å². The van der Waals surface area contributed by atoms with Crippen molar-refractivity contribution >= 4 is 17.6 Å². The molecule has 0 aliphatic rings. The SMILES string of the molecule is CCCn1ncc(C(=O)O)c1Cl. The molecular formula is C7H9ClN2O2. The zero-order valence-electron chi connectivity index (χ0n) is 6.62. The number of aryl methyl sites for hydroxylation is 1. The Hall–Kier alpha value is -1.03. The van der Waals surface area contributed by atoms with Crippen LogP contribution in [0.4, 0.5) is 0 Å². The summed E-state index contributed by atoms with van der Waals surface area (Å²) in [6.07, 6.45) is 2.14. The van der Waals surface area contributed by atoms with Crippen molar-refractivity contribution < 1.29 is 9.90 Å². The number of carboxylic acid groups (broad SMARTS) is 1. The molecule has 0 atom stereocenters. The van der Waals surface area contributed by atoms with Crippen molar-refractivity contribution in [2.24, 2.45) is 0 Å². The van der Waals surface area contributed by atoms with Crippen LogP contribution < -0.4 is 0 Å². The maximum absolute atomic E-state index is 10.5. The monoisotopic (exact) mass is 188 g/mol. The molecule has 0 aromatic carbocycles. The molecule has 1 aromatic heterocycles. The number of carboxylic acids is 1. The highest BCUT2D eigenvalue weighted by Crippen LogP contribution is 2.15. The molecule has 1 aromatic rings. The van der Waals surface area contributed by atoms with E-state index in [9.17, 15) is 4.79 Å². The van der Waals surface area contributed by atoms with Crippen molar-refractivity contribution in [2.75, 3.05) is 0 Å². The van der Waals surface area contributed by atoms with Crippen LogP contribution in [-0.2, 0) is 6.54 Å². The van der Waals surface area contributed by atoms with E-state index in [1.165, 1.54) is 10.9 Å². The molecule has 66 valence electrons. The molecule has 0 bridgehead atoms. The first kappa shape index (κ1) is 9.06. The molecule has 0 radical (unpaired) electrons. The van der Waals surface area contributed by atoms with E-state index in [2.05, 4.69) is 5.10 Å². The van der Waals surface area contributed by atoms with Crippen LogP contribution in [-0.4, -0.2) is 20.9 Å². The van der Waals surface area contributed by atoms with Gasteiger partial charge in [-0.3, -0.25) is 4.68 Å². The molecule has 0 fully saturated rings. The van der Waals surface area contributed by atoms with Gasteiger partial charge in [-0.25, -0.2) is 4.79 Å². The molecule has 0 saturated heterocycles. The van der Waals surface area contributed by atoms with Crippen molar-refractivity contribution in [1.29, 1.82) is 0 Å². The van der Waals surface area contributed by atoms with E-state index in [4.69, 9.17) is 16.7 Å². The van der Waals surface area contributed by atoms with E-state index in [-0.39, 0.29) is 10.7 Å². The summed E-state index contributed by atoms with van der Waals surface area (Å²) in [7, 11) is 0. The third kappa shape index (κ3) is 1.58. The van der Waals surface area contributed by atoms with Gasteiger partial charge in [-0.15, -0.1) is 0 Å². The Bertz CT molecular complexity index is 296. The van der Waals surface area contributed by atoms with Gasteiger partial charge in [-0.1, -0.05) is 18.5 Å². The van der Waals surface area contributed by atoms with Crippen LogP contribution >= 0.6 is 11.6 Å². The molecule has 0 saturated carbocycles. The number of rotatable bonds is 3. The minimum atomic E-state index is -1.04. The summed E-state index contributed by atoms with van der Waals surface area (Å²) < 4.78 is 1.48. The fourth-order valence-corrected chi connectivity index (χ4v) is 1.14. The standard InChI is InChI=1S/C7H9ClN2O2/c1-2-3-10-6(8)5(4-9-10)7(11)12/h4H,2-3H2,1H3,(H,11,12). The molecule has 1 N–H and O–H groups in total. The molecule has 0 aliphatic carbocycles. The maximum atomic E-state index is 10.5. The van der Waals surface area contributed by atoms with Gasteiger partial charge in [0.05, 0.1) is 6.20 Å². The van der Waals surface area contributed by atoms with Crippen molar-refractivity contribution in [2.45, 2.75) is 19.9 Å². The summed E-state index contributed by atoms with van der Waals surface area (Å²) in [6, 6.07) is 0. The zero-order valence-corrected chi connectivity index (χ0v) is 7.38. The molecule has 0 unspecified atom stereocenters. The van der Waals surface area contributed by atoms with E-state index >= 15 is 0 Å². The van der Waals surface area contributed by atoms with E-state index < -0.39 is 5.97 Å². The fourth-order valence-electron chi connectivity index (χ4n) is 0.882.